The van der Waals surface area contributed by atoms with Gasteiger partial charge in [-0.15, -0.1) is 0 Å². The van der Waals surface area contributed by atoms with Gasteiger partial charge in [-0.3, -0.25) is 0 Å². The van der Waals surface area contributed by atoms with Crippen molar-refractivity contribution in [3.05, 3.63) is 12.3 Å². The van der Waals surface area contributed by atoms with Gasteiger partial charge in [0.2, 0.25) is 5.95 Å². The molecule has 1 aromatic heterocycles. The molecule has 2 N–H and O–H groups in total. The van der Waals surface area contributed by atoms with Crippen LogP contribution in [-0.4, -0.2) is 53.9 Å². The van der Waals surface area contributed by atoms with Crippen molar-refractivity contribution in [2.75, 3.05) is 37.5 Å². The number of hydrogen-bond donors (Lipinski definition) is 2. The van der Waals surface area contributed by atoms with Gasteiger partial charge in [0.25, 0.3) is 0 Å². The maximum Gasteiger partial charge on any atom is 0.329 e. The summed E-state index contributed by atoms with van der Waals surface area (Å²) in [6, 6.07) is 1.67. The second kappa shape index (κ2) is 5.40. The number of aliphatic carboxylic acids is 1. The molecular formula is C12H18N4O3. The summed E-state index contributed by atoms with van der Waals surface area (Å²) in [7, 11) is 3.67. The van der Waals surface area contributed by atoms with Crippen LogP contribution in [0.3, 0.4) is 0 Å². The van der Waals surface area contributed by atoms with Crippen LogP contribution in [0.2, 0.25) is 0 Å². The smallest absolute Gasteiger partial charge is 0.329 e. The number of ether oxygens (including phenoxy) is 1. The number of aromatic nitrogens is 2. The van der Waals surface area contributed by atoms with E-state index in [1.165, 1.54) is 0 Å². The third-order valence-corrected chi connectivity index (χ3v) is 3.17. The van der Waals surface area contributed by atoms with Crippen LogP contribution in [0.25, 0.3) is 0 Å². The Bertz CT molecular complexity index is 458. The normalized spacial score (nSPS) is 17.8. The molecule has 0 amide bonds. The lowest BCUT2D eigenvalue weighted by atomic mass is 9.90. The molecule has 1 fully saturated rings. The lowest BCUT2D eigenvalue weighted by Crippen LogP contribution is -2.50. The lowest BCUT2D eigenvalue weighted by molar-refractivity contribution is -0.145. The third-order valence-electron chi connectivity index (χ3n) is 3.17. The quantitative estimate of drug-likeness (QED) is 0.824. The molecule has 104 valence electrons. The van der Waals surface area contributed by atoms with E-state index in [2.05, 4.69) is 15.3 Å². The number of carboxylic acids is 1. The minimum atomic E-state index is -1.00. The summed E-state index contributed by atoms with van der Waals surface area (Å²) >= 11 is 0. The van der Waals surface area contributed by atoms with E-state index in [1.54, 1.807) is 17.2 Å². The fourth-order valence-electron chi connectivity index (χ4n) is 1.99. The molecule has 1 saturated heterocycles. The predicted octanol–water partition coefficient (Wildman–Crippen LogP) is 0.588. The van der Waals surface area contributed by atoms with Crippen molar-refractivity contribution in [2.45, 2.75) is 18.4 Å². The highest BCUT2D eigenvalue weighted by atomic mass is 16.5. The van der Waals surface area contributed by atoms with E-state index in [0.717, 1.165) is 0 Å². The van der Waals surface area contributed by atoms with Gasteiger partial charge in [0.1, 0.15) is 11.4 Å². The minimum Gasteiger partial charge on any atom is -0.480 e. The summed E-state index contributed by atoms with van der Waals surface area (Å²) in [5.74, 6) is 0.182. The Morgan fingerprint density at radius 1 is 1.47 bits per heavy atom. The zero-order chi connectivity index (χ0) is 13.9. The fraction of sp³-hybridized carbons (Fsp3) is 0.583. The van der Waals surface area contributed by atoms with Crippen LogP contribution < -0.4 is 10.2 Å². The molecule has 2 heterocycles. The van der Waals surface area contributed by atoms with Gasteiger partial charge < -0.3 is 20.1 Å². The van der Waals surface area contributed by atoms with E-state index >= 15 is 0 Å². The fourth-order valence-corrected chi connectivity index (χ4v) is 1.99. The monoisotopic (exact) mass is 266 g/mol. The number of rotatable bonds is 4. The minimum absolute atomic E-state index is 0.420. The summed E-state index contributed by atoms with van der Waals surface area (Å²) in [5.41, 5.74) is -1.00. The second-order valence-corrected chi connectivity index (χ2v) is 4.76. The first kappa shape index (κ1) is 13.5. The topological polar surface area (TPSA) is 87.6 Å². The molecule has 7 nitrogen and oxygen atoms in total. The van der Waals surface area contributed by atoms with Gasteiger partial charge >= 0.3 is 5.97 Å². The van der Waals surface area contributed by atoms with Crippen LogP contribution >= 0.6 is 0 Å². The summed E-state index contributed by atoms with van der Waals surface area (Å²) in [6.07, 6.45) is 2.45. The van der Waals surface area contributed by atoms with E-state index < -0.39 is 11.5 Å². The molecule has 0 bridgehead atoms. The van der Waals surface area contributed by atoms with Crippen LogP contribution in [0.1, 0.15) is 12.8 Å². The summed E-state index contributed by atoms with van der Waals surface area (Å²) in [5, 5.41) is 12.5. The zero-order valence-corrected chi connectivity index (χ0v) is 11.1. The number of hydrogen-bond acceptors (Lipinski definition) is 6. The standard InChI is InChI=1S/C12H18N4O3/c1-16(2)11-13-6-3-9(14-11)15-12(10(17)18)4-7-19-8-5-12/h3,6H,4-5,7-8H2,1-2H3,(H,17,18)(H,13,14,15). The van der Waals surface area contributed by atoms with Crippen LogP contribution in [0.5, 0.6) is 0 Å². The molecule has 19 heavy (non-hydrogen) atoms. The third kappa shape index (κ3) is 2.93. The van der Waals surface area contributed by atoms with Gasteiger partial charge in [-0.25, -0.2) is 9.78 Å². The molecule has 0 atom stereocenters. The number of carbonyl (C=O) groups is 1. The van der Waals surface area contributed by atoms with Crippen molar-refractivity contribution in [2.24, 2.45) is 0 Å². The van der Waals surface area contributed by atoms with E-state index in [9.17, 15) is 9.90 Å². The Labute approximate surface area is 111 Å². The molecule has 2 rings (SSSR count). The van der Waals surface area contributed by atoms with Crippen LogP contribution in [0.4, 0.5) is 11.8 Å². The van der Waals surface area contributed by atoms with Crippen molar-refractivity contribution in [1.29, 1.82) is 0 Å². The molecule has 1 aromatic rings. The van der Waals surface area contributed by atoms with E-state index in [4.69, 9.17) is 4.74 Å². The van der Waals surface area contributed by atoms with Crippen molar-refractivity contribution in [3.8, 4) is 0 Å². The summed E-state index contributed by atoms with van der Waals surface area (Å²) < 4.78 is 5.23. The summed E-state index contributed by atoms with van der Waals surface area (Å²) in [4.78, 5) is 21.7. The lowest BCUT2D eigenvalue weighted by Gasteiger charge is -2.34. The van der Waals surface area contributed by atoms with Gasteiger partial charge in [0.15, 0.2) is 0 Å². The van der Waals surface area contributed by atoms with Gasteiger partial charge in [-0.2, -0.15) is 4.98 Å². The largest absolute Gasteiger partial charge is 0.480 e. The Morgan fingerprint density at radius 2 is 2.16 bits per heavy atom. The van der Waals surface area contributed by atoms with E-state index in [-0.39, 0.29) is 0 Å². The maximum atomic E-state index is 11.5. The highest BCUT2D eigenvalue weighted by Crippen LogP contribution is 2.26. The van der Waals surface area contributed by atoms with Crippen molar-refractivity contribution < 1.29 is 14.6 Å². The Hall–Kier alpha value is -1.89. The second-order valence-electron chi connectivity index (χ2n) is 4.76. The first-order valence-electron chi connectivity index (χ1n) is 6.13. The van der Waals surface area contributed by atoms with Gasteiger partial charge in [0, 0.05) is 46.3 Å². The molecule has 0 unspecified atom stereocenters. The first-order valence-corrected chi connectivity index (χ1v) is 6.13. The molecular weight excluding hydrogens is 248 g/mol. The Balaban J connectivity index is 2.22. The van der Waals surface area contributed by atoms with E-state index in [1.807, 2.05) is 14.1 Å². The highest BCUT2D eigenvalue weighted by Gasteiger charge is 2.40. The molecule has 7 heteroatoms. The van der Waals surface area contributed by atoms with Crippen molar-refractivity contribution >= 4 is 17.7 Å². The molecule has 1 aliphatic rings. The van der Waals surface area contributed by atoms with Crippen LogP contribution in [0, 0.1) is 0 Å². The van der Waals surface area contributed by atoms with Gasteiger partial charge in [-0.1, -0.05) is 0 Å². The predicted molar refractivity (Wildman–Crippen MR) is 70.4 cm³/mol. The molecule has 0 saturated carbocycles. The number of nitrogens with zero attached hydrogens (tertiary/aromatic N) is 3. The average Bonchev–Trinajstić information content (AvgIpc) is 2.40. The SMILES string of the molecule is CN(C)c1nccc(NC2(C(=O)O)CCOCC2)n1. The first-order chi connectivity index (χ1) is 9.03. The molecule has 0 aromatic carbocycles. The van der Waals surface area contributed by atoms with Gasteiger partial charge in [0.05, 0.1) is 0 Å². The average molecular weight is 266 g/mol. The van der Waals surface area contributed by atoms with Crippen LogP contribution in [0.15, 0.2) is 12.3 Å². The number of carboxylic acid groups (broad SMARTS) is 1. The number of anilines is 2. The van der Waals surface area contributed by atoms with Gasteiger partial charge in [-0.05, 0) is 6.07 Å². The molecule has 0 spiro atoms. The van der Waals surface area contributed by atoms with Crippen molar-refractivity contribution in [3.63, 3.8) is 0 Å². The Morgan fingerprint density at radius 3 is 2.74 bits per heavy atom. The molecule has 1 aliphatic heterocycles. The van der Waals surface area contributed by atoms with Crippen LogP contribution in [-0.2, 0) is 9.53 Å². The number of nitrogens with one attached hydrogen (secondary N) is 1. The molecule has 0 aliphatic carbocycles. The summed E-state index contributed by atoms with van der Waals surface area (Å²) in [6.45, 7) is 0.871. The van der Waals surface area contributed by atoms with E-state index in [0.29, 0.717) is 37.8 Å². The van der Waals surface area contributed by atoms with Crippen molar-refractivity contribution in [1.82, 2.24) is 9.97 Å². The Kier molecular flexibility index (Phi) is 3.84. The zero-order valence-electron chi connectivity index (χ0n) is 11.1. The molecule has 0 radical (unpaired) electrons. The maximum absolute atomic E-state index is 11.5. The highest BCUT2D eigenvalue weighted by molar-refractivity contribution is 5.82.